The molecule has 0 atom stereocenters. The van der Waals surface area contributed by atoms with Crippen molar-refractivity contribution in [1.82, 2.24) is 10.2 Å². The first-order chi connectivity index (χ1) is 6.79. The monoisotopic (exact) mass is 206 g/mol. The van der Waals surface area contributed by atoms with Gasteiger partial charge in [-0.25, -0.2) is 5.10 Å². The summed E-state index contributed by atoms with van der Waals surface area (Å²) in [4.78, 5) is 13.2. The summed E-state index contributed by atoms with van der Waals surface area (Å²) in [7, 11) is 0. The summed E-state index contributed by atoms with van der Waals surface area (Å²) in [6, 6.07) is 7.36. The molecule has 0 bridgehead atoms. The van der Waals surface area contributed by atoms with Crippen molar-refractivity contribution < 1.29 is 0 Å². The summed E-state index contributed by atoms with van der Waals surface area (Å²) in [6.07, 6.45) is 1.04. The topological polar surface area (TPSA) is 45.8 Å². The molecule has 3 nitrogen and oxygen atoms in total. The highest BCUT2D eigenvalue weighted by molar-refractivity contribution is 7.15. The molecule has 0 amide bonds. The van der Waals surface area contributed by atoms with E-state index < -0.39 is 0 Å². The average Bonchev–Trinajstić information content (AvgIpc) is 2.67. The van der Waals surface area contributed by atoms with Gasteiger partial charge in [0.1, 0.15) is 5.69 Å². The van der Waals surface area contributed by atoms with Crippen molar-refractivity contribution in [2.75, 3.05) is 0 Å². The van der Waals surface area contributed by atoms with Gasteiger partial charge in [-0.2, -0.15) is 5.10 Å². The minimum absolute atomic E-state index is 0.166. The van der Waals surface area contributed by atoms with Crippen LogP contribution >= 0.6 is 11.3 Å². The van der Waals surface area contributed by atoms with E-state index >= 15 is 0 Å². The lowest BCUT2D eigenvalue weighted by Gasteiger charge is -1.92. The Balaban J connectivity index is 2.39. The molecule has 1 N–H and O–H groups in total. The number of aromatic amines is 1. The Morgan fingerprint density at radius 3 is 2.79 bits per heavy atom. The van der Waals surface area contributed by atoms with E-state index in [1.54, 1.807) is 17.4 Å². The van der Waals surface area contributed by atoms with Crippen LogP contribution in [0.4, 0.5) is 0 Å². The summed E-state index contributed by atoms with van der Waals surface area (Å²) in [6.45, 7) is 2.12. The molecule has 0 spiro atoms. The first-order valence-corrected chi connectivity index (χ1v) is 5.26. The van der Waals surface area contributed by atoms with Crippen molar-refractivity contribution in [1.29, 1.82) is 0 Å². The second-order valence-electron chi connectivity index (χ2n) is 2.93. The average molecular weight is 206 g/mol. The molecule has 0 saturated carbocycles. The van der Waals surface area contributed by atoms with E-state index in [0.717, 1.165) is 17.0 Å². The summed E-state index contributed by atoms with van der Waals surface area (Å²) in [5.74, 6) is 0. The highest BCUT2D eigenvalue weighted by Crippen LogP contribution is 2.25. The lowest BCUT2D eigenvalue weighted by molar-refractivity contribution is 0.998. The molecule has 14 heavy (non-hydrogen) atoms. The Labute approximate surface area is 85.4 Å². The van der Waals surface area contributed by atoms with E-state index in [1.165, 1.54) is 10.9 Å². The summed E-state index contributed by atoms with van der Waals surface area (Å²) < 4.78 is 0. The van der Waals surface area contributed by atoms with Gasteiger partial charge < -0.3 is 0 Å². The highest BCUT2D eigenvalue weighted by atomic mass is 32.1. The minimum Gasteiger partial charge on any atom is -0.268 e. The molecule has 0 fully saturated rings. The molecule has 4 heteroatoms. The van der Waals surface area contributed by atoms with Crippen LogP contribution in [0.2, 0.25) is 0 Å². The molecule has 2 heterocycles. The number of aromatic nitrogens is 2. The maximum atomic E-state index is 10.8. The molecular weight excluding hydrogens is 196 g/mol. The quantitative estimate of drug-likeness (QED) is 0.817. The zero-order valence-electron chi connectivity index (χ0n) is 7.78. The highest BCUT2D eigenvalue weighted by Gasteiger charge is 2.02. The molecule has 2 aromatic rings. The van der Waals surface area contributed by atoms with E-state index in [2.05, 4.69) is 23.2 Å². The van der Waals surface area contributed by atoms with Crippen molar-refractivity contribution in [2.45, 2.75) is 13.3 Å². The third-order valence-corrected chi connectivity index (χ3v) is 3.19. The van der Waals surface area contributed by atoms with E-state index in [0.29, 0.717) is 0 Å². The van der Waals surface area contributed by atoms with E-state index in [-0.39, 0.29) is 5.56 Å². The molecule has 72 valence electrons. The maximum Gasteiger partial charge on any atom is 0.264 e. The zero-order chi connectivity index (χ0) is 9.97. The van der Waals surface area contributed by atoms with Gasteiger partial charge in [0.2, 0.25) is 0 Å². The molecule has 0 aliphatic heterocycles. The number of nitrogens with zero attached hydrogens (tertiary/aromatic N) is 1. The molecule has 0 saturated heterocycles. The fraction of sp³-hybridized carbons (Fsp3) is 0.200. The van der Waals surface area contributed by atoms with Gasteiger partial charge in [-0.15, -0.1) is 11.3 Å². The van der Waals surface area contributed by atoms with Crippen LogP contribution in [0.25, 0.3) is 10.6 Å². The van der Waals surface area contributed by atoms with Crippen molar-refractivity contribution in [3.63, 3.8) is 0 Å². The maximum absolute atomic E-state index is 10.8. The van der Waals surface area contributed by atoms with Crippen molar-refractivity contribution >= 4 is 11.3 Å². The van der Waals surface area contributed by atoms with Crippen LogP contribution < -0.4 is 5.56 Å². The van der Waals surface area contributed by atoms with E-state index in [4.69, 9.17) is 0 Å². The predicted octanol–water partition coefficient (Wildman–Crippen LogP) is 2.06. The van der Waals surface area contributed by atoms with Crippen molar-refractivity contribution in [2.24, 2.45) is 0 Å². The third-order valence-electron chi connectivity index (χ3n) is 1.94. The van der Waals surface area contributed by atoms with Gasteiger partial charge >= 0.3 is 0 Å². The first-order valence-electron chi connectivity index (χ1n) is 4.44. The molecule has 0 unspecified atom stereocenters. The van der Waals surface area contributed by atoms with Gasteiger partial charge in [-0.1, -0.05) is 6.92 Å². The Kier molecular flexibility index (Phi) is 2.45. The van der Waals surface area contributed by atoms with E-state index in [9.17, 15) is 4.79 Å². The Bertz CT molecular complexity index is 466. The van der Waals surface area contributed by atoms with Crippen LogP contribution in [0, 0.1) is 0 Å². The molecule has 0 aliphatic carbocycles. The largest absolute Gasteiger partial charge is 0.268 e. The zero-order valence-corrected chi connectivity index (χ0v) is 8.60. The number of H-pyrrole nitrogens is 1. The molecule has 2 aromatic heterocycles. The fourth-order valence-corrected chi connectivity index (χ4v) is 2.10. The summed E-state index contributed by atoms with van der Waals surface area (Å²) in [5, 5.41) is 6.40. The predicted molar refractivity (Wildman–Crippen MR) is 57.5 cm³/mol. The smallest absolute Gasteiger partial charge is 0.264 e. The Morgan fingerprint density at radius 2 is 2.21 bits per heavy atom. The third kappa shape index (κ3) is 1.75. The van der Waals surface area contributed by atoms with Gasteiger partial charge in [0, 0.05) is 10.9 Å². The molecule has 0 radical (unpaired) electrons. The Morgan fingerprint density at radius 1 is 1.36 bits per heavy atom. The van der Waals surface area contributed by atoms with Gasteiger partial charge in [-0.05, 0) is 24.6 Å². The number of nitrogens with one attached hydrogen (secondary N) is 1. The minimum atomic E-state index is -0.166. The molecule has 0 aliphatic rings. The molecule has 0 aromatic carbocycles. The van der Waals surface area contributed by atoms with Crippen LogP contribution in [0.3, 0.4) is 0 Å². The van der Waals surface area contributed by atoms with Crippen molar-refractivity contribution in [3.05, 3.63) is 39.5 Å². The number of hydrogen-bond donors (Lipinski definition) is 1. The van der Waals surface area contributed by atoms with Crippen LogP contribution in [-0.2, 0) is 6.42 Å². The van der Waals surface area contributed by atoms with Crippen LogP contribution in [0.15, 0.2) is 29.1 Å². The second-order valence-corrected chi connectivity index (χ2v) is 4.09. The normalized spacial score (nSPS) is 10.4. The fourth-order valence-electron chi connectivity index (χ4n) is 1.19. The molecular formula is C10H10N2OS. The number of rotatable bonds is 2. The van der Waals surface area contributed by atoms with Crippen LogP contribution in [-0.4, -0.2) is 10.2 Å². The first kappa shape index (κ1) is 9.15. The number of aryl methyl sites for hydroxylation is 1. The SMILES string of the molecule is CCc1ccc(-c2ccc(=O)[nH]n2)s1. The lowest BCUT2D eigenvalue weighted by Crippen LogP contribution is -2.04. The summed E-state index contributed by atoms with van der Waals surface area (Å²) in [5.41, 5.74) is 0.662. The Hall–Kier alpha value is -1.42. The van der Waals surface area contributed by atoms with E-state index in [1.807, 2.05) is 6.07 Å². The van der Waals surface area contributed by atoms with Crippen LogP contribution in [0.5, 0.6) is 0 Å². The standard InChI is InChI=1S/C10H10N2OS/c1-2-7-3-5-9(14-7)8-4-6-10(13)12-11-8/h3-6H,2H2,1H3,(H,12,13). The lowest BCUT2D eigenvalue weighted by atomic mass is 10.3. The number of hydrogen-bond acceptors (Lipinski definition) is 3. The molecule has 2 rings (SSSR count). The van der Waals surface area contributed by atoms with Gasteiger partial charge in [0.25, 0.3) is 5.56 Å². The van der Waals surface area contributed by atoms with Gasteiger partial charge in [-0.3, -0.25) is 4.79 Å². The van der Waals surface area contributed by atoms with Crippen molar-refractivity contribution in [3.8, 4) is 10.6 Å². The number of thiophene rings is 1. The van der Waals surface area contributed by atoms with Crippen LogP contribution in [0.1, 0.15) is 11.8 Å². The van der Waals surface area contributed by atoms with Gasteiger partial charge in [0.15, 0.2) is 0 Å². The second kappa shape index (κ2) is 3.75. The van der Waals surface area contributed by atoms with Gasteiger partial charge in [0.05, 0.1) is 4.88 Å². The summed E-state index contributed by atoms with van der Waals surface area (Å²) >= 11 is 1.71.